The Balaban J connectivity index is 1.35. The molecule has 30 heavy (non-hydrogen) atoms. The number of imidazole rings is 1. The van der Waals surface area contributed by atoms with Crippen LogP contribution in [0.1, 0.15) is 39.6 Å². The summed E-state index contributed by atoms with van der Waals surface area (Å²) in [6, 6.07) is 16.4. The first kappa shape index (κ1) is 18.6. The minimum absolute atomic E-state index is 0.0962. The fourth-order valence-electron chi connectivity index (χ4n) is 4.36. The van der Waals surface area contributed by atoms with Gasteiger partial charge in [-0.2, -0.15) is 5.10 Å². The lowest BCUT2D eigenvalue weighted by molar-refractivity contribution is 0.0946. The van der Waals surface area contributed by atoms with E-state index in [-0.39, 0.29) is 5.91 Å². The van der Waals surface area contributed by atoms with E-state index >= 15 is 0 Å². The molecule has 2 aromatic heterocycles. The molecule has 0 spiro atoms. The lowest BCUT2D eigenvalue weighted by atomic mass is 10.2. The van der Waals surface area contributed by atoms with Gasteiger partial charge in [0.05, 0.1) is 16.7 Å². The average molecular weight is 399 g/mol. The lowest BCUT2D eigenvalue weighted by Gasteiger charge is -2.08. The third-order valence-corrected chi connectivity index (χ3v) is 5.89. The molecule has 4 aromatic rings. The van der Waals surface area contributed by atoms with Crippen molar-refractivity contribution in [2.45, 2.75) is 39.7 Å². The van der Waals surface area contributed by atoms with Crippen molar-refractivity contribution in [3.05, 3.63) is 76.9 Å². The van der Waals surface area contributed by atoms with E-state index in [0.29, 0.717) is 18.8 Å². The fraction of sp³-hybridized carbons (Fsp3) is 0.292. The molecule has 0 fully saturated rings. The van der Waals surface area contributed by atoms with Crippen molar-refractivity contribution in [2.24, 2.45) is 0 Å². The summed E-state index contributed by atoms with van der Waals surface area (Å²) in [6.45, 7) is 5.28. The molecule has 0 unspecified atom stereocenters. The summed E-state index contributed by atoms with van der Waals surface area (Å²) in [7, 11) is 0. The number of rotatable bonds is 5. The minimum atomic E-state index is -0.0962. The van der Waals surface area contributed by atoms with Gasteiger partial charge in [0, 0.05) is 24.3 Å². The summed E-state index contributed by atoms with van der Waals surface area (Å²) in [5.74, 6) is 0.857. The van der Waals surface area contributed by atoms with Gasteiger partial charge in [-0.1, -0.05) is 29.8 Å². The second-order valence-corrected chi connectivity index (χ2v) is 7.93. The molecule has 1 amide bonds. The van der Waals surface area contributed by atoms with E-state index < -0.39 is 0 Å². The van der Waals surface area contributed by atoms with Crippen molar-refractivity contribution in [3.63, 3.8) is 0 Å². The van der Waals surface area contributed by atoms with Gasteiger partial charge >= 0.3 is 0 Å². The van der Waals surface area contributed by atoms with E-state index in [2.05, 4.69) is 52.1 Å². The smallest absolute Gasteiger partial charge is 0.272 e. The summed E-state index contributed by atoms with van der Waals surface area (Å²) in [5, 5.41) is 7.77. The lowest BCUT2D eigenvalue weighted by Crippen LogP contribution is -2.28. The molecule has 1 N–H and O–H groups in total. The Labute approximate surface area is 175 Å². The van der Waals surface area contributed by atoms with Gasteiger partial charge in [-0.3, -0.25) is 4.79 Å². The van der Waals surface area contributed by atoms with Gasteiger partial charge in [-0.05, 0) is 57.4 Å². The zero-order valence-corrected chi connectivity index (χ0v) is 17.4. The van der Waals surface area contributed by atoms with Crippen molar-refractivity contribution in [2.75, 3.05) is 6.54 Å². The predicted molar refractivity (Wildman–Crippen MR) is 117 cm³/mol. The maximum absolute atomic E-state index is 13.0. The van der Waals surface area contributed by atoms with Crippen LogP contribution in [0.2, 0.25) is 0 Å². The Morgan fingerprint density at radius 2 is 1.87 bits per heavy atom. The van der Waals surface area contributed by atoms with E-state index in [9.17, 15) is 4.79 Å². The summed E-state index contributed by atoms with van der Waals surface area (Å²) >= 11 is 0. The topological polar surface area (TPSA) is 64.7 Å². The Morgan fingerprint density at radius 3 is 2.70 bits per heavy atom. The molecule has 1 aliphatic carbocycles. The van der Waals surface area contributed by atoms with Crippen LogP contribution in [0.4, 0.5) is 0 Å². The Hall–Kier alpha value is -3.41. The van der Waals surface area contributed by atoms with Crippen LogP contribution in [0.3, 0.4) is 0 Å². The summed E-state index contributed by atoms with van der Waals surface area (Å²) in [4.78, 5) is 17.6. The minimum Gasteiger partial charge on any atom is -0.349 e. The van der Waals surface area contributed by atoms with Crippen molar-refractivity contribution in [3.8, 4) is 5.69 Å². The molecule has 0 saturated carbocycles. The molecule has 0 bridgehead atoms. The van der Waals surface area contributed by atoms with Crippen molar-refractivity contribution < 1.29 is 4.79 Å². The number of carbonyl (C=O) groups excluding carboxylic acids is 1. The van der Waals surface area contributed by atoms with E-state index in [1.165, 1.54) is 11.3 Å². The largest absolute Gasteiger partial charge is 0.349 e. The fourth-order valence-corrected chi connectivity index (χ4v) is 4.36. The number of aryl methyl sites for hydroxylation is 2. The van der Waals surface area contributed by atoms with E-state index in [0.717, 1.165) is 47.4 Å². The molecule has 0 radical (unpaired) electrons. The molecule has 2 aromatic carbocycles. The highest BCUT2D eigenvalue weighted by Gasteiger charge is 2.26. The number of nitrogens with one attached hydrogen (secondary N) is 1. The monoisotopic (exact) mass is 399 g/mol. The average Bonchev–Trinajstić information content (AvgIpc) is 3.43. The van der Waals surface area contributed by atoms with Crippen LogP contribution in [0.25, 0.3) is 16.7 Å². The number of carbonyl (C=O) groups is 1. The first-order valence-electron chi connectivity index (χ1n) is 10.5. The van der Waals surface area contributed by atoms with E-state index in [1.54, 1.807) is 0 Å². The highest BCUT2D eigenvalue weighted by atomic mass is 16.2. The van der Waals surface area contributed by atoms with Gasteiger partial charge in [0.1, 0.15) is 5.82 Å². The molecule has 6 heteroatoms. The van der Waals surface area contributed by atoms with Gasteiger partial charge in [0.2, 0.25) is 0 Å². The molecule has 2 heterocycles. The second kappa shape index (κ2) is 7.44. The van der Waals surface area contributed by atoms with Crippen LogP contribution >= 0.6 is 0 Å². The molecule has 0 aliphatic heterocycles. The number of aromatic nitrogens is 4. The third-order valence-electron chi connectivity index (χ3n) is 5.89. The van der Waals surface area contributed by atoms with Gasteiger partial charge in [-0.15, -0.1) is 0 Å². The highest BCUT2D eigenvalue weighted by molar-refractivity contribution is 5.94. The number of para-hydroxylation sites is 2. The number of fused-ring (bicyclic) bond motifs is 2. The summed E-state index contributed by atoms with van der Waals surface area (Å²) in [5.41, 5.74) is 7.12. The van der Waals surface area contributed by atoms with Crippen molar-refractivity contribution >= 4 is 16.9 Å². The normalized spacial score (nSPS) is 13.0. The number of benzene rings is 2. The molecule has 0 saturated heterocycles. The van der Waals surface area contributed by atoms with Crippen LogP contribution in [-0.2, 0) is 19.4 Å². The first-order valence-corrected chi connectivity index (χ1v) is 10.5. The molecule has 5 rings (SSSR count). The van der Waals surface area contributed by atoms with Crippen LogP contribution in [0.5, 0.6) is 0 Å². The maximum atomic E-state index is 13.0. The number of hydrogen-bond acceptors (Lipinski definition) is 3. The molecule has 1 aliphatic rings. The second-order valence-electron chi connectivity index (χ2n) is 7.93. The van der Waals surface area contributed by atoms with Crippen LogP contribution in [0.15, 0.2) is 48.5 Å². The highest BCUT2D eigenvalue weighted by Crippen LogP contribution is 2.28. The van der Waals surface area contributed by atoms with Crippen molar-refractivity contribution in [1.29, 1.82) is 0 Å². The van der Waals surface area contributed by atoms with Crippen LogP contribution in [-0.4, -0.2) is 31.8 Å². The zero-order chi connectivity index (χ0) is 20.7. The van der Waals surface area contributed by atoms with E-state index in [1.807, 2.05) is 29.8 Å². The quantitative estimate of drug-likeness (QED) is 0.556. The Kier molecular flexibility index (Phi) is 4.62. The summed E-state index contributed by atoms with van der Waals surface area (Å²) in [6.07, 6.45) is 2.94. The molecular formula is C24H25N5O. The third kappa shape index (κ3) is 3.18. The Bertz CT molecular complexity index is 1230. The predicted octanol–water partition coefficient (Wildman–Crippen LogP) is 3.76. The zero-order valence-electron chi connectivity index (χ0n) is 17.4. The number of nitrogens with zero attached hydrogens (tertiary/aromatic N) is 4. The van der Waals surface area contributed by atoms with E-state index in [4.69, 9.17) is 5.10 Å². The first-order chi connectivity index (χ1) is 14.6. The molecular weight excluding hydrogens is 374 g/mol. The van der Waals surface area contributed by atoms with Gasteiger partial charge < -0.3 is 9.88 Å². The molecule has 6 nitrogen and oxygen atoms in total. The van der Waals surface area contributed by atoms with Gasteiger partial charge in [-0.25, -0.2) is 9.67 Å². The Morgan fingerprint density at radius 1 is 1.07 bits per heavy atom. The van der Waals surface area contributed by atoms with Crippen LogP contribution in [0, 0.1) is 13.8 Å². The SMILES string of the molecule is Cc1ccc(-n2nc(C(=O)NCCn3c(C)nc4ccccc43)c3c2CCC3)cc1. The molecule has 152 valence electrons. The maximum Gasteiger partial charge on any atom is 0.272 e. The molecule has 0 atom stereocenters. The number of amides is 1. The van der Waals surface area contributed by atoms with Gasteiger partial charge in [0.15, 0.2) is 5.69 Å². The van der Waals surface area contributed by atoms with Gasteiger partial charge in [0.25, 0.3) is 5.91 Å². The summed E-state index contributed by atoms with van der Waals surface area (Å²) < 4.78 is 4.09. The number of hydrogen-bond donors (Lipinski definition) is 1. The standard InChI is InChI=1S/C24H25N5O/c1-16-10-12-18(13-11-16)29-21-9-5-6-19(21)23(27-29)24(30)25-14-15-28-17(2)26-20-7-3-4-8-22(20)28/h3-4,7-8,10-13H,5-6,9,14-15H2,1-2H3,(H,25,30). The van der Waals surface area contributed by atoms with Crippen molar-refractivity contribution in [1.82, 2.24) is 24.6 Å². The van der Waals surface area contributed by atoms with Crippen LogP contribution < -0.4 is 5.32 Å².